The monoisotopic (exact) mass is 285 g/mol. The molecule has 0 spiro atoms. The number of hydrogen-bond donors (Lipinski definition) is 0. The van der Waals surface area contributed by atoms with Crippen molar-refractivity contribution in [3.05, 3.63) is 0 Å². The van der Waals surface area contributed by atoms with Crippen molar-refractivity contribution < 1.29 is 41.9 Å². The van der Waals surface area contributed by atoms with Crippen LogP contribution in [0.2, 0.25) is 0 Å². The van der Waals surface area contributed by atoms with E-state index in [1.54, 1.807) is 0 Å². The molecule has 0 nitrogen and oxygen atoms in total. The Morgan fingerprint density at radius 1 is 0.545 bits per heavy atom. The van der Waals surface area contributed by atoms with Gasteiger partial charge in [-0.3, -0.25) is 0 Å². The summed E-state index contributed by atoms with van der Waals surface area (Å²) in [5.41, 5.74) is 0. The third-order valence-corrected chi connectivity index (χ3v) is 0. The largest absolute Gasteiger partial charge is 2.00 e. The molecule has 0 aliphatic heterocycles. The molecular weight excluding hydrogens is 268 g/mol. The van der Waals surface area contributed by atoms with Crippen molar-refractivity contribution in [2.75, 3.05) is 40.0 Å². The molecule has 0 aliphatic carbocycles. The van der Waals surface area contributed by atoms with Gasteiger partial charge in [-0.15, -0.1) is 15.8 Å². The van der Waals surface area contributed by atoms with Crippen LogP contribution in [0.25, 0.3) is 0 Å². The fourth-order valence-corrected chi connectivity index (χ4v) is 0. The van der Waals surface area contributed by atoms with Gasteiger partial charge in [0.2, 0.25) is 0 Å². The van der Waals surface area contributed by atoms with Crippen LogP contribution in [0.15, 0.2) is 0 Å². The summed E-state index contributed by atoms with van der Waals surface area (Å²) in [6.07, 6.45) is 0. The molecule has 0 fully saturated rings. The Bertz CT molecular complexity index is 34.1. The van der Waals surface area contributed by atoms with Crippen molar-refractivity contribution >= 4 is 15.8 Å². The van der Waals surface area contributed by atoms with Gasteiger partial charge in [-0.05, 0) is 40.0 Å². The van der Waals surface area contributed by atoms with Crippen molar-refractivity contribution in [3.63, 3.8) is 0 Å². The maximum absolute atomic E-state index is 2.23. The SMILES string of the molecule is CP(C)C.CP(C)C.[Cl-].[Cl-].[Cu+2]. The second kappa shape index (κ2) is 22.7. The summed E-state index contributed by atoms with van der Waals surface area (Å²) in [6, 6.07) is 0. The van der Waals surface area contributed by atoms with Gasteiger partial charge < -0.3 is 24.8 Å². The molecular formula is C6H18Cl2CuP2. The summed E-state index contributed by atoms with van der Waals surface area (Å²) >= 11 is 0. The summed E-state index contributed by atoms with van der Waals surface area (Å²) in [6.45, 7) is 13.4. The molecule has 0 saturated heterocycles. The summed E-state index contributed by atoms with van der Waals surface area (Å²) in [4.78, 5) is 0. The molecule has 0 aromatic heterocycles. The molecule has 0 saturated carbocycles. The Kier molecular flexibility index (Phi) is 60.3. The third-order valence-electron chi connectivity index (χ3n) is 0. The summed E-state index contributed by atoms with van der Waals surface area (Å²) < 4.78 is 0. The van der Waals surface area contributed by atoms with E-state index in [9.17, 15) is 0 Å². The first-order chi connectivity index (χ1) is 3.46. The summed E-state index contributed by atoms with van der Waals surface area (Å²) in [7, 11) is 0.759. The molecule has 0 N–H and O–H groups in total. The van der Waals surface area contributed by atoms with Crippen molar-refractivity contribution in [3.8, 4) is 0 Å². The Hall–Kier alpha value is 1.96. The van der Waals surface area contributed by atoms with Crippen LogP contribution in [-0.2, 0) is 17.1 Å². The molecule has 77 valence electrons. The van der Waals surface area contributed by atoms with E-state index in [0.717, 1.165) is 0 Å². The fourth-order valence-electron chi connectivity index (χ4n) is 0. The molecule has 0 rings (SSSR count). The molecule has 0 unspecified atom stereocenters. The molecule has 0 bridgehead atoms. The maximum Gasteiger partial charge on any atom is 2.00 e. The van der Waals surface area contributed by atoms with Gasteiger partial charge in [-0.1, -0.05) is 0 Å². The van der Waals surface area contributed by atoms with E-state index in [4.69, 9.17) is 0 Å². The van der Waals surface area contributed by atoms with E-state index in [0.29, 0.717) is 15.8 Å². The normalized spacial score (nSPS) is 6.55. The van der Waals surface area contributed by atoms with Crippen molar-refractivity contribution in [2.24, 2.45) is 0 Å². The third kappa shape index (κ3) is 309. The molecule has 0 aliphatic rings. The van der Waals surface area contributed by atoms with E-state index in [1.165, 1.54) is 0 Å². The van der Waals surface area contributed by atoms with Crippen LogP contribution in [-0.4, -0.2) is 40.0 Å². The summed E-state index contributed by atoms with van der Waals surface area (Å²) in [5, 5.41) is 0. The zero-order valence-corrected chi connectivity index (χ0v) is 12.2. The van der Waals surface area contributed by atoms with Gasteiger partial charge in [0, 0.05) is 0 Å². The number of rotatable bonds is 0. The van der Waals surface area contributed by atoms with Crippen LogP contribution >= 0.6 is 15.8 Å². The van der Waals surface area contributed by atoms with E-state index in [-0.39, 0.29) is 41.9 Å². The predicted octanol–water partition coefficient (Wildman–Crippen LogP) is -3.28. The Morgan fingerprint density at radius 3 is 0.545 bits per heavy atom. The van der Waals surface area contributed by atoms with Crippen LogP contribution in [0, 0.1) is 0 Å². The van der Waals surface area contributed by atoms with Crippen molar-refractivity contribution in [1.82, 2.24) is 0 Å². The molecule has 0 amide bonds. The Balaban J connectivity index is -0.0000000171. The van der Waals surface area contributed by atoms with Gasteiger partial charge in [0.15, 0.2) is 0 Å². The van der Waals surface area contributed by atoms with Gasteiger partial charge in [0.05, 0.1) is 0 Å². The fraction of sp³-hybridized carbons (Fsp3) is 1.00. The van der Waals surface area contributed by atoms with E-state index >= 15 is 0 Å². The second-order valence-electron chi connectivity index (χ2n) is 2.68. The minimum atomic E-state index is 0. The Labute approximate surface area is 97.5 Å². The van der Waals surface area contributed by atoms with Gasteiger partial charge >= 0.3 is 17.1 Å². The first-order valence-corrected chi connectivity index (χ1v) is 8.05. The summed E-state index contributed by atoms with van der Waals surface area (Å²) in [5.74, 6) is 0. The number of halogens is 2. The molecule has 0 aromatic carbocycles. The quantitative estimate of drug-likeness (QED) is 0.324. The van der Waals surface area contributed by atoms with Gasteiger partial charge in [-0.25, -0.2) is 0 Å². The smallest absolute Gasteiger partial charge is 1.00 e. The van der Waals surface area contributed by atoms with Crippen LogP contribution in [0.5, 0.6) is 0 Å². The van der Waals surface area contributed by atoms with E-state index in [1.807, 2.05) is 0 Å². The van der Waals surface area contributed by atoms with Gasteiger partial charge in [0.25, 0.3) is 0 Å². The number of hydrogen-bond acceptors (Lipinski definition) is 0. The zero-order chi connectivity index (χ0) is 7.15. The minimum Gasteiger partial charge on any atom is -1.00 e. The zero-order valence-electron chi connectivity index (χ0n) is 7.95. The predicted molar refractivity (Wildman–Crippen MR) is 49.4 cm³/mol. The van der Waals surface area contributed by atoms with Crippen LogP contribution in [0.3, 0.4) is 0 Å². The van der Waals surface area contributed by atoms with Gasteiger partial charge in [0.1, 0.15) is 0 Å². The molecule has 0 atom stereocenters. The topological polar surface area (TPSA) is 0 Å². The first kappa shape index (κ1) is 29.3. The second-order valence-corrected chi connectivity index (χ2v) is 8.05. The average Bonchev–Trinajstić information content (AvgIpc) is 1.25. The van der Waals surface area contributed by atoms with Crippen LogP contribution in [0.1, 0.15) is 0 Å². The van der Waals surface area contributed by atoms with Crippen molar-refractivity contribution in [2.45, 2.75) is 0 Å². The van der Waals surface area contributed by atoms with Gasteiger partial charge in [-0.2, -0.15) is 0 Å². The molecule has 1 radical (unpaired) electrons. The Morgan fingerprint density at radius 2 is 0.545 bits per heavy atom. The van der Waals surface area contributed by atoms with Crippen molar-refractivity contribution in [1.29, 1.82) is 0 Å². The minimum absolute atomic E-state index is 0. The molecule has 5 heteroatoms. The van der Waals surface area contributed by atoms with E-state index < -0.39 is 0 Å². The van der Waals surface area contributed by atoms with E-state index in [2.05, 4.69) is 40.0 Å². The average molecular weight is 287 g/mol. The molecule has 0 heterocycles. The first-order valence-electron chi connectivity index (χ1n) is 2.68. The molecule has 11 heavy (non-hydrogen) atoms. The standard InChI is InChI=1S/2C3H9P.2ClH.Cu/c2*1-4(2)3;;;/h2*1-3H3;2*1H;/q;;;;+2/p-2. The van der Waals surface area contributed by atoms with Crippen LogP contribution < -0.4 is 24.8 Å². The van der Waals surface area contributed by atoms with Crippen LogP contribution in [0.4, 0.5) is 0 Å². The maximum atomic E-state index is 2.23. The molecule has 0 aromatic rings.